The van der Waals surface area contributed by atoms with Gasteiger partial charge in [0.1, 0.15) is 12.1 Å². The molecule has 1 N–H and O–H groups in total. The lowest BCUT2D eigenvalue weighted by molar-refractivity contribution is -0.152. The first-order valence-corrected chi connectivity index (χ1v) is 11.9. The third-order valence-electron chi connectivity index (χ3n) is 7.05. The molecule has 2 aromatic carbocycles. The van der Waals surface area contributed by atoms with Crippen molar-refractivity contribution in [3.8, 4) is 17.2 Å². The van der Waals surface area contributed by atoms with Crippen molar-refractivity contribution in [1.29, 1.82) is 5.26 Å². The summed E-state index contributed by atoms with van der Waals surface area (Å²) in [7, 11) is 1.34. The van der Waals surface area contributed by atoms with Crippen molar-refractivity contribution in [1.82, 2.24) is 4.90 Å². The van der Waals surface area contributed by atoms with Gasteiger partial charge in [-0.15, -0.1) is 0 Å². The Hall–Kier alpha value is -3.53. The number of carbonyl (C=O) groups is 2. The van der Waals surface area contributed by atoms with E-state index >= 15 is 0 Å². The predicted octanol–water partition coefficient (Wildman–Crippen LogP) is 4.83. The van der Waals surface area contributed by atoms with Crippen LogP contribution in [0.4, 0.5) is 10.5 Å². The first kappa shape index (κ1) is 23.6. The molecule has 1 aliphatic heterocycles. The van der Waals surface area contributed by atoms with Gasteiger partial charge in [-0.1, -0.05) is 36.4 Å². The van der Waals surface area contributed by atoms with Crippen LogP contribution in [0.5, 0.6) is 0 Å². The molecule has 1 saturated carbocycles. The Kier molecular flexibility index (Phi) is 7.36. The molecule has 0 aromatic heterocycles. The molecule has 2 fully saturated rings. The Labute approximate surface area is 200 Å². The third kappa shape index (κ3) is 5.01. The summed E-state index contributed by atoms with van der Waals surface area (Å²) in [6, 6.07) is 17.8. The largest absolute Gasteiger partial charge is 0.464 e. The number of piperidine rings is 1. The summed E-state index contributed by atoms with van der Waals surface area (Å²) in [6.07, 6.45) is 2.82. The molecule has 2 aromatic rings. The molecule has 0 radical (unpaired) electrons. The van der Waals surface area contributed by atoms with Gasteiger partial charge in [-0.25, -0.2) is 9.59 Å². The summed E-state index contributed by atoms with van der Waals surface area (Å²) < 4.78 is 10.2. The fraction of sp³-hybridized carbons (Fsp3) is 0.444. The Morgan fingerprint density at radius 1 is 1.09 bits per heavy atom. The van der Waals surface area contributed by atoms with Gasteiger partial charge in [0, 0.05) is 12.6 Å². The lowest BCUT2D eigenvalue weighted by Gasteiger charge is -2.46. The smallest absolute Gasteiger partial charge is 0.410 e. The SMILES string of the molecule is CCOC(=O)[C@@H]1C[C@H]2C[C@@H](Nc3cc(-c4ccccc4)ccc3C#N)CC[C@H]2CN1C(=O)OC. The first-order chi connectivity index (χ1) is 16.5. The topological polar surface area (TPSA) is 91.7 Å². The van der Waals surface area contributed by atoms with E-state index in [4.69, 9.17) is 9.47 Å². The van der Waals surface area contributed by atoms with Gasteiger partial charge in [-0.05, 0) is 67.7 Å². The number of nitrogens with zero attached hydrogens (tertiary/aromatic N) is 2. The maximum atomic E-state index is 12.6. The van der Waals surface area contributed by atoms with Gasteiger partial charge in [0.25, 0.3) is 0 Å². The quantitative estimate of drug-likeness (QED) is 0.642. The molecule has 4 atom stereocenters. The van der Waals surface area contributed by atoms with Crippen molar-refractivity contribution in [3.05, 3.63) is 54.1 Å². The second kappa shape index (κ2) is 10.6. The fourth-order valence-electron chi connectivity index (χ4n) is 5.35. The number of nitrogens with one attached hydrogen (secondary N) is 1. The van der Waals surface area contributed by atoms with Gasteiger partial charge in [0.15, 0.2) is 0 Å². The maximum absolute atomic E-state index is 12.6. The van der Waals surface area contributed by atoms with Crippen LogP contribution < -0.4 is 5.32 Å². The number of fused-ring (bicyclic) bond motifs is 1. The highest BCUT2D eigenvalue weighted by molar-refractivity contribution is 5.81. The molecule has 7 heteroatoms. The van der Waals surface area contributed by atoms with Crippen LogP contribution in [0.2, 0.25) is 0 Å². The van der Waals surface area contributed by atoms with Crippen LogP contribution in [0.3, 0.4) is 0 Å². The number of hydrogen-bond donors (Lipinski definition) is 1. The van der Waals surface area contributed by atoms with E-state index in [2.05, 4.69) is 23.5 Å². The van der Waals surface area contributed by atoms with Crippen LogP contribution in [0, 0.1) is 23.2 Å². The molecule has 1 heterocycles. The Morgan fingerprint density at radius 3 is 2.59 bits per heavy atom. The summed E-state index contributed by atoms with van der Waals surface area (Å²) >= 11 is 0. The van der Waals surface area contributed by atoms with Crippen LogP contribution in [0.15, 0.2) is 48.5 Å². The van der Waals surface area contributed by atoms with E-state index in [-0.39, 0.29) is 24.5 Å². The zero-order valence-corrected chi connectivity index (χ0v) is 19.7. The van der Waals surface area contributed by atoms with Gasteiger partial charge in [0.2, 0.25) is 0 Å². The summed E-state index contributed by atoms with van der Waals surface area (Å²) in [5.41, 5.74) is 3.61. The number of methoxy groups -OCH3 is 1. The molecule has 7 nitrogen and oxygen atoms in total. The fourth-order valence-corrected chi connectivity index (χ4v) is 5.35. The monoisotopic (exact) mass is 461 g/mol. The highest BCUT2D eigenvalue weighted by Gasteiger charge is 2.44. The molecule has 1 saturated heterocycles. The minimum Gasteiger partial charge on any atom is -0.464 e. The summed E-state index contributed by atoms with van der Waals surface area (Å²) in [6.45, 7) is 2.54. The number of rotatable bonds is 5. The number of carbonyl (C=O) groups excluding carboxylic acids is 2. The molecular formula is C27H31N3O4. The molecule has 4 rings (SSSR count). The standard InChI is InChI=1S/C27H31N3O4/c1-3-34-26(31)25-15-22-13-23(12-11-21(22)17-30(25)27(32)33-2)29-24-14-19(9-10-20(24)16-28)18-7-5-4-6-8-18/h4-10,14,21-23,25,29H,3,11-13,15,17H2,1-2H3/t21-,22+,23-,25-/m0/s1. The van der Waals surface area contributed by atoms with Crippen LogP contribution in [0.25, 0.3) is 11.1 Å². The van der Waals surface area contributed by atoms with Crippen molar-refractivity contribution in [3.63, 3.8) is 0 Å². The summed E-state index contributed by atoms with van der Waals surface area (Å²) in [5, 5.41) is 13.3. The van der Waals surface area contributed by atoms with E-state index in [1.807, 2.05) is 36.4 Å². The number of amides is 1. The summed E-state index contributed by atoms with van der Waals surface area (Å²) in [5.74, 6) is 0.224. The Morgan fingerprint density at radius 2 is 1.88 bits per heavy atom. The van der Waals surface area contributed by atoms with Gasteiger partial charge in [0.05, 0.1) is 25.0 Å². The minimum absolute atomic E-state index is 0.187. The van der Waals surface area contributed by atoms with E-state index in [1.54, 1.807) is 6.92 Å². The zero-order valence-electron chi connectivity index (χ0n) is 19.7. The number of ether oxygens (including phenoxy) is 2. The van der Waals surface area contributed by atoms with E-state index in [9.17, 15) is 14.9 Å². The predicted molar refractivity (Wildman–Crippen MR) is 129 cm³/mol. The molecule has 178 valence electrons. The third-order valence-corrected chi connectivity index (χ3v) is 7.05. The van der Waals surface area contributed by atoms with Crippen LogP contribution in [-0.2, 0) is 14.3 Å². The zero-order chi connectivity index (χ0) is 24.1. The van der Waals surface area contributed by atoms with Gasteiger partial charge >= 0.3 is 12.1 Å². The Balaban J connectivity index is 1.50. The van der Waals surface area contributed by atoms with Gasteiger partial charge in [-0.3, -0.25) is 4.90 Å². The van der Waals surface area contributed by atoms with Crippen LogP contribution in [0.1, 0.15) is 38.2 Å². The van der Waals surface area contributed by atoms with E-state index < -0.39 is 12.1 Å². The second-order valence-corrected chi connectivity index (χ2v) is 9.04. The molecule has 0 unspecified atom stereocenters. The maximum Gasteiger partial charge on any atom is 0.410 e. The molecule has 34 heavy (non-hydrogen) atoms. The van der Waals surface area contributed by atoms with E-state index in [1.165, 1.54) is 12.0 Å². The van der Waals surface area contributed by atoms with Gasteiger partial charge < -0.3 is 14.8 Å². The number of benzene rings is 2. The number of esters is 1. The Bertz CT molecular complexity index is 1070. The van der Waals surface area contributed by atoms with Crippen LogP contribution >= 0.6 is 0 Å². The van der Waals surface area contributed by atoms with Crippen LogP contribution in [-0.4, -0.2) is 49.3 Å². The number of nitriles is 1. The molecule has 0 bridgehead atoms. The normalized spacial score (nSPS) is 23.9. The highest BCUT2D eigenvalue weighted by Crippen LogP contribution is 2.40. The number of likely N-dealkylation sites (tertiary alicyclic amines) is 1. The highest BCUT2D eigenvalue weighted by atomic mass is 16.6. The van der Waals surface area contributed by atoms with Crippen molar-refractivity contribution < 1.29 is 19.1 Å². The first-order valence-electron chi connectivity index (χ1n) is 11.9. The second-order valence-electron chi connectivity index (χ2n) is 9.04. The van der Waals surface area contributed by atoms with Crippen molar-refractivity contribution in [2.75, 3.05) is 25.6 Å². The van der Waals surface area contributed by atoms with E-state index in [0.29, 0.717) is 24.4 Å². The van der Waals surface area contributed by atoms with Crippen molar-refractivity contribution in [2.24, 2.45) is 11.8 Å². The minimum atomic E-state index is -0.622. The number of hydrogen-bond acceptors (Lipinski definition) is 6. The van der Waals surface area contributed by atoms with Gasteiger partial charge in [-0.2, -0.15) is 5.26 Å². The average Bonchev–Trinajstić information content (AvgIpc) is 2.88. The lowest BCUT2D eigenvalue weighted by atomic mass is 9.71. The lowest BCUT2D eigenvalue weighted by Crippen LogP contribution is -2.55. The molecule has 1 amide bonds. The van der Waals surface area contributed by atoms with E-state index in [0.717, 1.165) is 36.1 Å². The average molecular weight is 462 g/mol. The molecule has 0 spiro atoms. The number of anilines is 1. The van der Waals surface area contributed by atoms with Crippen molar-refractivity contribution in [2.45, 2.75) is 44.7 Å². The summed E-state index contributed by atoms with van der Waals surface area (Å²) in [4.78, 5) is 26.5. The van der Waals surface area contributed by atoms with Crippen molar-refractivity contribution >= 4 is 17.7 Å². The molecule has 1 aliphatic carbocycles. The molecule has 2 aliphatic rings. The molecular weight excluding hydrogens is 430 g/mol.